The molecule has 0 aliphatic carbocycles. The van der Waals surface area contributed by atoms with Crippen LogP contribution >= 0.6 is 0 Å². The molecule has 0 spiro atoms. The highest BCUT2D eigenvalue weighted by Gasteiger charge is 2.13. The third-order valence-electron chi connectivity index (χ3n) is 4.07. The highest BCUT2D eigenvalue weighted by molar-refractivity contribution is 7.88. The van der Waals surface area contributed by atoms with Crippen LogP contribution < -0.4 is 15.4 Å². The van der Waals surface area contributed by atoms with E-state index in [0.717, 1.165) is 5.56 Å². The van der Waals surface area contributed by atoms with Crippen LogP contribution in [0.3, 0.4) is 0 Å². The minimum atomic E-state index is -3.66. The van der Waals surface area contributed by atoms with Crippen LogP contribution in [0.2, 0.25) is 0 Å². The van der Waals surface area contributed by atoms with E-state index in [9.17, 15) is 12.8 Å². The van der Waals surface area contributed by atoms with Crippen molar-refractivity contribution in [1.29, 1.82) is 0 Å². The van der Waals surface area contributed by atoms with Crippen LogP contribution in [0.1, 0.15) is 17.0 Å². The highest BCUT2D eigenvalue weighted by atomic mass is 32.2. The SMILES string of the molecule is Cc1ccnc(Nc2cc(NCCNS(=O)(=O)Cc3ccccc3F)nc(C)n2)c1. The van der Waals surface area contributed by atoms with Crippen molar-refractivity contribution in [3.05, 3.63) is 71.4 Å². The largest absolute Gasteiger partial charge is 0.369 e. The Labute approximate surface area is 175 Å². The molecule has 0 aliphatic rings. The summed E-state index contributed by atoms with van der Waals surface area (Å²) in [4.78, 5) is 12.9. The molecule has 0 atom stereocenters. The van der Waals surface area contributed by atoms with Crippen molar-refractivity contribution in [3.63, 3.8) is 0 Å². The van der Waals surface area contributed by atoms with Gasteiger partial charge < -0.3 is 10.6 Å². The van der Waals surface area contributed by atoms with Crippen LogP contribution in [-0.2, 0) is 15.8 Å². The lowest BCUT2D eigenvalue weighted by molar-refractivity contribution is 0.575. The molecule has 3 aromatic rings. The van der Waals surface area contributed by atoms with Crippen LogP contribution in [0.4, 0.5) is 21.8 Å². The molecule has 3 N–H and O–H groups in total. The summed E-state index contributed by atoms with van der Waals surface area (Å²) in [6.07, 6.45) is 1.71. The number of nitrogens with zero attached hydrogens (tertiary/aromatic N) is 3. The maximum Gasteiger partial charge on any atom is 0.215 e. The fraction of sp³-hybridized carbons (Fsp3) is 0.250. The molecular formula is C20H23FN6O2S. The average Bonchev–Trinajstić information content (AvgIpc) is 2.67. The number of halogens is 1. The van der Waals surface area contributed by atoms with E-state index in [-0.39, 0.29) is 12.1 Å². The Balaban J connectivity index is 1.54. The summed E-state index contributed by atoms with van der Waals surface area (Å²) >= 11 is 0. The summed E-state index contributed by atoms with van der Waals surface area (Å²) in [7, 11) is -3.66. The van der Waals surface area contributed by atoms with Crippen molar-refractivity contribution in [2.24, 2.45) is 0 Å². The lowest BCUT2D eigenvalue weighted by Crippen LogP contribution is -2.30. The van der Waals surface area contributed by atoms with E-state index in [1.54, 1.807) is 25.3 Å². The molecule has 8 nitrogen and oxygen atoms in total. The van der Waals surface area contributed by atoms with Crippen molar-refractivity contribution in [1.82, 2.24) is 19.7 Å². The van der Waals surface area contributed by atoms with Gasteiger partial charge in [0, 0.05) is 30.9 Å². The van der Waals surface area contributed by atoms with Gasteiger partial charge in [0.25, 0.3) is 0 Å². The molecule has 0 radical (unpaired) electrons. The second-order valence-corrected chi connectivity index (χ2v) is 8.51. The van der Waals surface area contributed by atoms with Gasteiger partial charge >= 0.3 is 0 Å². The quantitative estimate of drug-likeness (QED) is 0.448. The second-order valence-electron chi connectivity index (χ2n) is 6.70. The van der Waals surface area contributed by atoms with Gasteiger partial charge in [-0.05, 0) is 37.6 Å². The first-order valence-electron chi connectivity index (χ1n) is 9.31. The normalized spacial score (nSPS) is 11.3. The van der Waals surface area contributed by atoms with E-state index in [1.165, 1.54) is 18.2 Å². The number of benzene rings is 1. The Bertz CT molecular complexity index is 1120. The van der Waals surface area contributed by atoms with Crippen molar-refractivity contribution in [2.45, 2.75) is 19.6 Å². The van der Waals surface area contributed by atoms with E-state index in [4.69, 9.17) is 0 Å². The van der Waals surface area contributed by atoms with E-state index in [2.05, 4.69) is 30.3 Å². The molecular weight excluding hydrogens is 407 g/mol. The molecule has 3 rings (SSSR count). The number of anilines is 3. The van der Waals surface area contributed by atoms with E-state index < -0.39 is 21.6 Å². The fourth-order valence-corrected chi connectivity index (χ4v) is 3.89. The van der Waals surface area contributed by atoms with Crippen molar-refractivity contribution in [3.8, 4) is 0 Å². The van der Waals surface area contributed by atoms with Gasteiger partial charge in [0.15, 0.2) is 0 Å². The lowest BCUT2D eigenvalue weighted by atomic mass is 10.2. The van der Waals surface area contributed by atoms with Gasteiger partial charge in [0.2, 0.25) is 10.0 Å². The summed E-state index contributed by atoms with van der Waals surface area (Å²) in [6.45, 7) is 4.16. The third kappa shape index (κ3) is 6.46. The van der Waals surface area contributed by atoms with E-state index >= 15 is 0 Å². The van der Waals surface area contributed by atoms with Crippen molar-refractivity contribution in [2.75, 3.05) is 23.7 Å². The molecule has 0 fully saturated rings. The average molecular weight is 431 g/mol. The zero-order valence-corrected chi connectivity index (χ0v) is 17.5. The minimum Gasteiger partial charge on any atom is -0.369 e. The molecule has 0 saturated carbocycles. The number of hydrogen-bond donors (Lipinski definition) is 3. The van der Waals surface area contributed by atoms with Crippen molar-refractivity contribution < 1.29 is 12.8 Å². The number of aromatic nitrogens is 3. The first kappa shape index (κ1) is 21.6. The summed E-state index contributed by atoms with van der Waals surface area (Å²) < 4.78 is 40.4. The summed E-state index contributed by atoms with van der Waals surface area (Å²) in [5.41, 5.74) is 1.20. The smallest absolute Gasteiger partial charge is 0.215 e. The zero-order valence-electron chi connectivity index (χ0n) is 16.7. The molecule has 2 aromatic heterocycles. The van der Waals surface area contributed by atoms with Crippen molar-refractivity contribution >= 4 is 27.5 Å². The Kier molecular flexibility index (Phi) is 6.91. The predicted molar refractivity (Wildman–Crippen MR) is 115 cm³/mol. The van der Waals surface area contributed by atoms with Gasteiger partial charge in [-0.25, -0.2) is 32.5 Å². The van der Waals surface area contributed by atoms with Crippen LogP contribution in [0.15, 0.2) is 48.7 Å². The van der Waals surface area contributed by atoms with E-state index in [1.807, 2.05) is 19.1 Å². The second kappa shape index (κ2) is 9.59. The maximum atomic E-state index is 13.7. The summed E-state index contributed by atoms with van der Waals surface area (Å²) in [5.74, 6) is 1.38. The molecule has 0 aliphatic heterocycles. The van der Waals surface area contributed by atoms with Crippen LogP contribution in [-0.4, -0.2) is 36.5 Å². The Hall–Kier alpha value is -3.11. The van der Waals surface area contributed by atoms with Gasteiger partial charge in [0.1, 0.15) is 29.1 Å². The van der Waals surface area contributed by atoms with Gasteiger partial charge in [0.05, 0.1) is 5.75 Å². The molecule has 1 aromatic carbocycles. The van der Waals surface area contributed by atoms with Gasteiger partial charge in [-0.1, -0.05) is 18.2 Å². The van der Waals surface area contributed by atoms with Crippen LogP contribution in [0.5, 0.6) is 0 Å². The minimum absolute atomic E-state index is 0.127. The maximum absolute atomic E-state index is 13.7. The summed E-state index contributed by atoms with van der Waals surface area (Å²) in [6, 6.07) is 11.3. The number of nitrogens with one attached hydrogen (secondary N) is 3. The van der Waals surface area contributed by atoms with Gasteiger partial charge in [-0.3, -0.25) is 0 Å². The Morgan fingerprint density at radius 3 is 2.50 bits per heavy atom. The monoisotopic (exact) mass is 430 g/mol. The van der Waals surface area contributed by atoms with Crippen LogP contribution in [0.25, 0.3) is 0 Å². The third-order valence-corrected chi connectivity index (χ3v) is 5.40. The molecule has 30 heavy (non-hydrogen) atoms. The Morgan fingerprint density at radius 2 is 1.73 bits per heavy atom. The molecule has 10 heteroatoms. The van der Waals surface area contributed by atoms with Gasteiger partial charge in [-0.15, -0.1) is 0 Å². The Morgan fingerprint density at radius 1 is 0.967 bits per heavy atom. The number of rotatable bonds is 9. The topological polar surface area (TPSA) is 109 Å². The zero-order chi connectivity index (χ0) is 21.6. The highest BCUT2D eigenvalue weighted by Crippen LogP contribution is 2.16. The molecule has 2 heterocycles. The first-order chi connectivity index (χ1) is 14.3. The standard InChI is InChI=1S/C20H23FN6O2S/c1-14-7-8-22-18(11-14)27-20-12-19(25-15(2)26-20)23-9-10-24-30(28,29)13-16-5-3-4-6-17(16)21/h3-8,11-12,24H,9-10,13H2,1-2H3,(H2,22,23,25,26,27). The fourth-order valence-electron chi connectivity index (χ4n) is 2.73. The molecule has 0 saturated heterocycles. The molecule has 0 unspecified atom stereocenters. The predicted octanol–water partition coefficient (Wildman–Crippen LogP) is 2.90. The van der Waals surface area contributed by atoms with Crippen LogP contribution in [0, 0.1) is 19.7 Å². The van der Waals surface area contributed by atoms with Gasteiger partial charge in [-0.2, -0.15) is 0 Å². The molecule has 0 bridgehead atoms. The number of sulfonamides is 1. The molecule has 158 valence electrons. The van der Waals surface area contributed by atoms with E-state index in [0.29, 0.717) is 29.8 Å². The summed E-state index contributed by atoms with van der Waals surface area (Å²) in [5, 5.41) is 6.18. The number of aryl methyl sites for hydroxylation is 2. The first-order valence-corrected chi connectivity index (χ1v) is 11.0. The number of hydrogen-bond acceptors (Lipinski definition) is 7. The lowest BCUT2D eigenvalue weighted by Gasteiger charge is -2.11. The number of pyridine rings is 1. The molecule has 0 amide bonds.